The lowest BCUT2D eigenvalue weighted by atomic mass is 10.0. The molecule has 1 aromatic carbocycles. The monoisotopic (exact) mass is 300 g/mol. The average Bonchev–Trinajstić information content (AvgIpc) is 2.77. The van der Waals surface area contributed by atoms with Gasteiger partial charge in [0.05, 0.1) is 12.3 Å². The van der Waals surface area contributed by atoms with Crippen molar-refractivity contribution in [2.75, 3.05) is 11.9 Å². The number of aryl methyl sites for hydroxylation is 2. The van der Waals surface area contributed by atoms with Gasteiger partial charge in [0.25, 0.3) is 0 Å². The first-order valence-corrected chi connectivity index (χ1v) is 7.94. The van der Waals surface area contributed by atoms with E-state index >= 15 is 0 Å². The molecule has 0 radical (unpaired) electrons. The summed E-state index contributed by atoms with van der Waals surface area (Å²) >= 11 is 7.10. The van der Waals surface area contributed by atoms with Gasteiger partial charge in [-0.1, -0.05) is 49.0 Å². The molecule has 0 saturated heterocycles. The van der Waals surface area contributed by atoms with Crippen molar-refractivity contribution in [3.05, 3.63) is 51.9 Å². The van der Waals surface area contributed by atoms with Crippen LogP contribution in [0, 0.1) is 6.92 Å². The summed E-state index contributed by atoms with van der Waals surface area (Å²) in [4.78, 5) is 6.86. The third-order valence-corrected chi connectivity index (χ3v) is 4.77. The quantitative estimate of drug-likeness (QED) is 0.840. The highest BCUT2D eigenvalue weighted by Crippen LogP contribution is 2.32. The van der Waals surface area contributed by atoms with E-state index in [1.165, 1.54) is 16.0 Å². The molecule has 3 rings (SSSR count). The van der Waals surface area contributed by atoms with E-state index < -0.39 is 0 Å². The van der Waals surface area contributed by atoms with E-state index in [1.54, 1.807) is 11.3 Å². The van der Waals surface area contributed by atoms with Gasteiger partial charge in [0.2, 0.25) is 0 Å². The van der Waals surface area contributed by atoms with Crippen LogP contribution in [0.15, 0.2) is 35.3 Å². The molecule has 0 atom stereocenters. The first kappa shape index (κ1) is 13.5. The number of hydrogen-bond acceptors (Lipinski definition) is 3. The van der Waals surface area contributed by atoms with E-state index in [9.17, 15) is 0 Å². The Balaban J connectivity index is 2.12. The molecule has 1 aliphatic rings. The fourth-order valence-corrected chi connectivity index (χ4v) is 3.50. The molecule has 2 heterocycles. The van der Waals surface area contributed by atoms with Gasteiger partial charge in [0.1, 0.15) is 9.99 Å². The Morgan fingerprint density at radius 1 is 1.30 bits per heavy atom. The molecule has 2 aromatic rings. The van der Waals surface area contributed by atoms with Gasteiger partial charge in [-0.2, -0.15) is 0 Å². The number of hydrogen-bond donors (Lipinski definition) is 1. The van der Waals surface area contributed by atoms with Crippen molar-refractivity contribution < 1.29 is 0 Å². The molecule has 2 nitrogen and oxygen atoms in total. The molecular formula is C16H16N2S2. The molecule has 102 valence electrons. The minimum Gasteiger partial charge on any atom is -0.340 e. The molecule has 0 unspecified atom stereocenters. The van der Waals surface area contributed by atoms with Crippen LogP contribution in [0.2, 0.25) is 0 Å². The van der Waals surface area contributed by atoms with Crippen molar-refractivity contribution in [3.8, 4) is 0 Å². The number of thiocarbonyl (C=S) groups is 1. The Hall–Kier alpha value is -1.52. The predicted molar refractivity (Wildman–Crippen MR) is 91.6 cm³/mol. The summed E-state index contributed by atoms with van der Waals surface area (Å²) in [6.07, 6.45) is 1.04. The second kappa shape index (κ2) is 5.46. The van der Waals surface area contributed by atoms with Crippen LogP contribution in [0.4, 0.5) is 5.00 Å². The topological polar surface area (TPSA) is 24.4 Å². The summed E-state index contributed by atoms with van der Waals surface area (Å²) in [5.41, 5.74) is 4.64. The summed E-state index contributed by atoms with van der Waals surface area (Å²) in [5.74, 6) is 0. The largest absolute Gasteiger partial charge is 0.340 e. The Bertz CT molecular complexity index is 681. The molecule has 0 aliphatic carbocycles. The number of aliphatic imine (C=N–C) groups is 1. The third kappa shape index (κ3) is 2.53. The van der Waals surface area contributed by atoms with Crippen LogP contribution < -0.4 is 5.32 Å². The Kier molecular flexibility index (Phi) is 3.68. The molecule has 20 heavy (non-hydrogen) atoms. The van der Waals surface area contributed by atoms with E-state index in [0.29, 0.717) is 6.54 Å². The number of nitrogens with zero attached hydrogens (tertiary/aromatic N) is 1. The van der Waals surface area contributed by atoms with Crippen LogP contribution in [0.3, 0.4) is 0 Å². The Labute approximate surface area is 128 Å². The van der Waals surface area contributed by atoms with E-state index in [-0.39, 0.29) is 0 Å². The lowest BCUT2D eigenvalue weighted by Crippen LogP contribution is -2.09. The minimum absolute atomic E-state index is 0.557. The van der Waals surface area contributed by atoms with Crippen LogP contribution >= 0.6 is 23.6 Å². The summed E-state index contributed by atoms with van der Waals surface area (Å²) in [5, 5.41) is 4.45. The van der Waals surface area contributed by atoms with Crippen LogP contribution in [0.5, 0.6) is 0 Å². The number of thiophene rings is 1. The van der Waals surface area contributed by atoms with Gasteiger partial charge in [0.15, 0.2) is 0 Å². The Morgan fingerprint density at radius 3 is 2.75 bits per heavy atom. The zero-order chi connectivity index (χ0) is 14.1. The SMILES string of the molecule is CCc1cc2c(s1)NC(=S)CN=C2c1ccc(C)cc1. The second-order valence-electron chi connectivity index (χ2n) is 4.89. The van der Waals surface area contributed by atoms with Crippen LogP contribution in [0.25, 0.3) is 0 Å². The van der Waals surface area contributed by atoms with E-state index in [2.05, 4.69) is 49.5 Å². The highest BCUT2D eigenvalue weighted by molar-refractivity contribution is 7.80. The first-order valence-electron chi connectivity index (χ1n) is 6.72. The molecule has 1 N–H and O–H groups in total. The standard InChI is InChI=1S/C16H16N2S2/c1-3-12-8-13-15(11-6-4-10(2)5-7-11)17-9-14(19)18-16(13)20-12/h4-8H,3,9H2,1-2H3,(H,18,19). The van der Waals surface area contributed by atoms with E-state index in [1.807, 2.05) is 0 Å². The summed E-state index contributed by atoms with van der Waals surface area (Å²) in [6.45, 7) is 4.83. The van der Waals surface area contributed by atoms with Crippen molar-refractivity contribution in [1.29, 1.82) is 0 Å². The van der Waals surface area contributed by atoms with Gasteiger partial charge in [0, 0.05) is 16.0 Å². The van der Waals surface area contributed by atoms with Crippen molar-refractivity contribution in [2.45, 2.75) is 20.3 Å². The normalized spacial score (nSPS) is 14.3. The summed E-state index contributed by atoms with van der Waals surface area (Å²) in [6, 6.07) is 10.8. The highest BCUT2D eigenvalue weighted by atomic mass is 32.1. The average molecular weight is 300 g/mol. The van der Waals surface area contributed by atoms with Crippen molar-refractivity contribution in [2.24, 2.45) is 4.99 Å². The zero-order valence-electron chi connectivity index (χ0n) is 11.6. The maximum absolute atomic E-state index is 5.33. The molecule has 1 aliphatic heterocycles. The van der Waals surface area contributed by atoms with Gasteiger partial charge in [-0.15, -0.1) is 11.3 Å². The van der Waals surface area contributed by atoms with Gasteiger partial charge < -0.3 is 5.32 Å². The highest BCUT2D eigenvalue weighted by Gasteiger charge is 2.19. The number of fused-ring (bicyclic) bond motifs is 1. The second-order valence-corrected chi connectivity index (χ2v) is 6.52. The maximum atomic E-state index is 5.33. The lowest BCUT2D eigenvalue weighted by molar-refractivity contribution is 1.18. The fourth-order valence-electron chi connectivity index (χ4n) is 2.25. The number of nitrogens with one attached hydrogen (secondary N) is 1. The number of benzene rings is 1. The van der Waals surface area contributed by atoms with Crippen molar-refractivity contribution in [1.82, 2.24) is 0 Å². The van der Waals surface area contributed by atoms with Gasteiger partial charge >= 0.3 is 0 Å². The van der Waals surface area contributed by atoms with Crippen LogP contribution in [0.1, 0.15) is 28.5 Å². The van der Waals surface area contributed by atoms with E-state index in [0.717, 1.165) is 27.7 Å². The first-order chi connectivity index (χ1) is 9.67. The van der Waals surface area contributed by atoms with Crippen molar-refractivity contribution >= 4 is 39.3 Å². The minimum atomic E-state index is 0.557. The molecule has 0 spiro atoms. The lowest BCUT2D eigenvalue weighted by Gasteiger charge is -2.05. The zero-order valence-corrected chi connectivity index (χ0v) is 13.2. The van der Waals surface area contributed by atoms with Gasteiger partial charge in [-0.25, -0.2) is 0 Å². The van der Waals surface area contributed by atoms with Gasteiger partial charge in [-0.05, 0) is 19.4 Å². The van der Waals surface area contributed by atoms with Crippen molar-refractivity contribution in [3.63, 3.8) is 0 Å². The molecule has 1 aromatic heterocycles. The molecule has 0 saturated carbocycles. The predicted octanol–water partition coefficient (Wildman–Crippen LogP) is 4.21. The van der Waals surface area contributed by atoms with E-state index in [4.69, 9.17) is 17.2 Å². The molecule has 0 bridgehead atoms. The van der Waals surface area contributed by atoms with Crippen LogP contribution in [-0.4, -0.2) is 17.2 Å². The van der Waals surface area contributed by atoms with Gasteiger partial charge in [-0.3, -0.25) is 4.99 Å². The molecule has 4 heteroatoms. The summed E-state index contributed by atoms with van der Waals surface area (Å²) < 4.78 is 0. The smallest absolute Gasteiger partial charge is 0.103 e. The van der Waals surface area contributed by atoms with Crippen LogP contribution in [-0.2, 0) is 6.42 Å². The third-order valence-electron chi connectivity index (χ3n) is 3.35. The number of anilines is 1. The molecular weight excluding hydrogens is 284 g/mol. The number of rotatable bonds is 2. The summed E-state index contributed by atoms with van der Waals surface area (Å²) in [7, 11) is 0. The maximum Gasteiger partial charge on any atom is 0.103 e. The fraction of sp³-hybridized carbons (Fsp3) is 0.250. The molecule has 0 amide bonds. The molecule has 0 fully saturated rings. The Morgan fingerprint density at radius 2 is 2.05 bits per heavy atom.